The zero-order chi connectivity index (χ0) is 17.4. The Hall–Kier alpha value is -1.97. The molecule has 0 saturated carbocycles. The number of fused-ring (bicyclic) bond motifs is 3. The largest absolute Gasteiger partial charge is 0.489 e. The maximum Gasteiger partial charge on any atom is 0.121 e. The standard InChI is InChI=1S/C22H26N2O.ClH/c1-23(2)17-9-12-21-20(13-17)19-11-10-18(14-22(19)24(21)3)25-15-16-7-5-4-6-8-16;/h4-8,10-11,14,17H,9,12-13,15H2,1-3H3;1H. The predicted octanol–water partition coefficient (Wildman–Crippen LogP) is 4.60. The molecule has 0 saturated heterocycles. The van der Waals surface area contributed by atoms with Crippen molar-refractivity contribution in [3.63, 3.8) is 0 Å². The molecule has 3 aromatic rings. The molecule has 0 bridgehead atoms. The highest BCUT2D eigenvalue weighted by Gasteiger charge is 2.25. The summed E-state index contributed by atoms with van der Waals surface area (Å²) in [5.41, 5.74) is 5.50. The van der Waals surface area contributed by atoms with E-state index in [4.69, 9.17) is 4.74 Å². The second-order valence-corrected chi connectivity index (χ2v) is 7.30. The Morgan fingerprint density at radius 3 is 2.62 bits per heavy atom. The number of hydrogen-bond donors (Lipinski definition) is 0. The van der Waals surface area contributed by atoms with Crippen molar-refractivity contribution in [3.8, 4) is 5.75 Å². The molecule has 1 aliphatic carbocycles. The number of halogens is 1. The number of nitrogens with zero attached hydrogens (tertiary/aromatic N) is 2. The summed E-state index contributed by atoms with van der Waals surface area (Å²) in [6.07, 6.45) is 3.54. The van der Waals surface area contributed by atoms with Gasteiger partial charge in [-0.1, -0.05) is 30.3 Å². The first-order valence-corrected chi connectivity index (χ1v) is 9.07. The number of hydrogen-bond acceptors (Lipinski definition) is 2. The Bertz CT molecular complexity index is 886. The van der Waals surface area contributed by atoms with Gasteiger partial charge in [-0.3, -0.25) is 0 Å². The Kier molecular flexibility index (Phi) is 5.59. The third kappa shape index (κ3) is 3.46. The number of ether oxygens (including phenoxy) is 1. The minimum absolute atomic E-state index is 0. The van der Waals surface area contributed by atoms with Crippen LogP contribution in [-0.4, -0.2) is 29.6 Å². The van der Waals surface area contributed by atoms with Crippen LogP contribution in [-0.2, 0) is 26.5 Å². The molecule has 1 heterocycles. The normalized spacial score (nSPS) is 16.4. The molecule has 2 aromatic carbocycles. The van der Waals surface area contributed by atoms with Crippen molar-refractivity contribution in [1.82, 2.24) is 9.47 Å². The minimum Gasteiger partial charge on any atom is -0.489 e. The molecule has 1 aliphatic rings. The minimum atomic E-state index is 0. The van der Waals surface area contributed by atoms with Crippen molar-refractivity contribution < 1.29 is 4.74 Å². The van der Waals surface area contributed by atoms with E-state index >= 15 is 0 Å². The Balaban J connectivity index is 0.00000196. The lowest BCUT2D eigenvalue weighted by molar-refractivity contribution is 0.267. The molecule has 0 N–H and O–H groups in total. The van der Waals surface area contributed by atoms with E-state index in [0.29, 0.717) is 12.6 Å². The summed E-state index contributed by atoms with van der Waals surface area (Å²) in [5, 5.41) is 1.39. The lowest BCUT2D eigenvalue weighted by atomic mass is 9.91. The van der Waals surface area contributed by atoms with Gasteiger partial charge < -0.3 is 14.2 Å². The first-order valence-electron chi connectivity index (χ1n) is 9.07. The van der Waals surface area contributed by atoms with Crippen molar-refractivity contribution in [2.75, 3.05) is 14.1 Å². The van der Waals surface area contributed by atoms with Gasteiger partial charge in [0.15, 0.2) is 0 Å². The molecule has 26 heavy (non-hydrogen) atoms. The number of aryl methyl sites for hydroxylation is 1. The first kappa shape index (κ1) is 18.8. The molecule has 4 rings (SSSR count). The van der Waals surface area contributed by atoms with Crippen LogP contribution in [0.5, 0.6) is 5.75 Å². The van der Waals surface area contributed by atoms with Gasteiger partial charge in [-0.2, -0.15) is 0 Å². The Morgan fingerprint density at radius 1 is 1.12 bits per heavy atom. The summed E-state index contributed by atoms with van der Waals surface area (Å²) >= 11 is 0. The monoisotopic (exact) mass is 370 g/mol. The molecule has 1 unspecified atom stereocenters. The van der Waals surface area contributed by atoms with E-state index in [1.807, 2.05) is 18.2 Å². The smallest absolute Gasteiger partial charge is 0.121 e. The lowest BCUT2D eigenvalue weighted by Crippen LogP contribution is -2.33. The van der Waals surface area contributed by atoms with Crippen LogP contribution in [0.3, 0.4) is 0 Å². The van der Waals surface area contributed by atoms with E-state index in [1.165, 1.54) is 34.1 Å². The third-order valence-corrected chi connectivity index (χ3v) is 5.54. The van der Waals surface area contributed by atoms with Crippen molar-refractivity contribution in [2.24, 2.45) is 7.05 Å². The van der Waals surface area contributed by atoms with Crippen molar-refractivity contribution in [3.05, 3.63) is 65.4 Å². The van der Waals surface area contributed by atoms with Gasteiger partial charge in [0.2, 0.25) is 0 Å². The van der Waals surface area contributed by atoms with E-state index < -0.39 is 0 Å². The molecular weight excluding hydrogens is 344 g/mol. The quantitative estimate of drug-likeness (QED) is 0.667. The molecule has 138 valence electrons. The van der Waals surface area contributed by atoms with Crippen LogP contribution in [0.4, 0.5) is 0 Å². The summed E-state index contributed by atoms with van der Waals surface area (Å²) in [4.78, 5) is 2.36. The SMILES string of the molecule is CN(C)C1CCc2c(c3ccc(OCc4ccccc4)cc3n2C)C1.Cl. The maximum atomic E-state index is 6.02. The average molecular weight is 371 g/mol. The highest BCUT2D eigenvalue weighted by Crippen LogP contribution is 2.34. The summed E-state index contributed by atoms with van der Waals surface area (Å²) in [6.45, 7) is 0.610. The van der Waals surface area contributed by atoms with Crippen LogP contribution in [0.25, 0.3) is 10.9 Å². The number of likely N-dealkylation sites (N-methyl/N-ethyl adjacent to an activating group) is 1. The van der Waals surface area contributed by atoms with Crippen LogP contribution in [0.15, 0.2) is 48.5 Å². The van der Waals surface area contributed by atoms with Gasteiger partial charge in [0.25, 0.3) is 0 Å². The zero-order valence-electron chi connectivity index (χ0n) is 15.7. The van der Waals surface area contributed by atoms with Gasteiger partial charge >= 0.3 is 0 Å². The van der Waals surface area contributed by atoms with E-state index in [0.717, 1.165) is 18.6 Å². The fourth-order valence-corrected chi connectivity index (χ4v) is 4.01. The lowest BCUT2D eigenvalue weighted by Gasteiger charge is -2.28. The highest BCUT2D eigenvalue weighted by molar-refractivity contribution is 5.87. The first-order chi connectivity index (χ1) is 12.1. The van der Waals surface area contributed by atoms with Crippen LogP contribution in [0.2, 0.25) is 0 Å². The summed E-state index contributed by atoms with van der Waals surface area (Å²) in [7, 11) is 6.57. The van der Waals surface area contributed by atoms with Crippen LogP contribution < -0.4 is 4.74 Å². The van der Waals surface area contributed by atoms with Gasteiger partial charge in [-0.25, -0.2) is 0 Å². The predicted molar refractivity (Wildman–Crippen MR) is 110 cm³/mol. The fourth-order valence-electron chi connectivity index (χ4n) is 4.01. The van der Waals surface area contributed by atoms with Gasteiger partial charge in [0.05, 0.1) is 5.52 Å². The van der Waals surface area contributed by atoms with E-state index in [2.05, 4.69) is 60.9 Å². The fraction of sp³-hybridized carbons (Fsp3) is 0.364. The summed E-state index contributed by atoms with van der Waals surface area (Å²) in [6, 6.07) is 17.5. The third-order valence-electron chi connectivity index (χ3n) is 5.54. The number of benzene rings is 2. The maximum absolute atomic E-state index is 6.02. The molecular formula is C22H27ClN2O. The van der Waals surface area contributed by atoms with E-state index in [1.54, 1.807) is 0 Å². The van der Waals surface area contributed by atoms with Gasteiger partial charge in [-0.05, 0) is 56.6 Å². The summed E-state index contributed by atoms with van der Waals surface area (Å²) in [5.74, 6) is 0.943. The molecule has 4 heteroatoms. The number of rotatable bonds is 4. The second-order valence-electron chi connectivity index (χ2n) is 7.30. The van der Waals surface area contributed by atoms with Crippen molar-refractivity contribution in [1.29, 1.82) is 0 Å². The van der Waals surface area contributed by atoms with Crippen LogP contribution in [0, 0.1) is 0 Å². The van der Waals surface area contributed by atoms with Crippen LogP contribution in [0.1, 0.15) is 23.2 Å². The highest BCUT2D eigenvalue weighted by atomic mass is 35.5. The molecule has 0 fully saturated rings. The van der Waals surface area contributed by atoms with Crippen LogP contribution >= 0.6 is 12.4 Å². The van der Waals surface area contributed by atoms with Gasteiger partial charge in [0.1, 0.15) is 12.4 Å². The average Bonchev–Trinajstić information content (AvgIpc) is 2.92. The second kappa shape index (κ2) is 7.73. The summed E-state index contributed by atoms with van der Waals surface area (Å²) < 4.78 is 8.39. The van der Waals surface area contributed by atoms with Gasteiger partial charge in [0, 0.05) is 30.2 Å². The van der Waals surface area contributed by atoms with Gasteiger partial charge in [-0.15, -0.1) is 12.4 Å². The Labute approximate surface area is 162 Å². The van der Waals surface area contributed by atoms with E-state index in [-0.39, 0.29) is 12.4 Å². The molecule has 0 radical (unpaired) electrons. The molecule has 1 atom stereocenters. The molecule has 0 aliphatic heterocycles. The molecule has 0 amide bonds. The van der Waals surface area contributed by atoms with Crippen molar-refractivity contribution in [2.45, 2.75) is 31.9 Å². The topological polar surface area (TPSA) is 17.4 Å². The van der Waals surface area contributed by atoms with Crippen molar-refractivity contribution >= 4 is 23.3 Å². The molecule has 3 nitrogen and oxygen atoms in total. The number of aromatic nitrogens is 1. The Morgan fingerprint density at radius 2 is 1.88 bits per heavy atom. The molecule has 1 aromatic heterocycles. The van der Waals surface area contributed by atoms with E-state index in [9.17, 15) is 0 Å². The molecule has 0 spiro atoms. The zero-order valence-corrected chi connectivity index (χ0v) is 16.6.